The SMILES string of the molecule is CC1CN(C)CCC1Nc1ccc(C#N)nc1. The van der Waals surface area contributed by atoms with Crippen LogP contribution in [0.2, 0.25) is 0 Å². The summed E-state index contributed by atoms with van der Waals surface area (Å²) < 4.78 is 0. The monoisotopic (exact) mass is 230 g/mol. The Hall–Kier alpha value is -1.60. The molecular formula is C13H18N4. The van der Waals surface area contributed by atoms with Crippen molar-refractivity contribution < 1.29 is 0 Å². The Balaban J connectivity index is 1.98. The standard InChI is InChI=1S/C13H18N4/c1-10-9-17(2)6-5-13(10)16-12-4-3-11(7-14)15-8-12/h3-4,8,10,13,16H,5-6,9H2,1-2H3. The van der Waals surface area contributed by atoms with Gasteiger partial charge in [-0.25, -0.2) is 4.98 Å². The normalized spacial score (nSPS) is 25.2. The summed E-state index contributed by atoms with van der Waals surface area (Å²) in [5, 5.41) is 12.2. The van der Waals surface area contributed by atoms with E-state index >= 15 is 0 Å². The molecule has 2 atom stereocenters. The topological polar surface area (TPSA) is 52.0 Å². The summed E-state index contributed by atoms with van der Waals surface area (Å²) >= 11 is 0. The second-order valence-electron chi connectivity index (χ2n) is 4.82. The number of anilines is 1. The summed E-state index contributed by atoms with van der Waals surface area (Å²) in [7, 11) is 2.16. The second kappa shape index (κ2) is 5.15. The third-order valence-corrected chi connectivity index (χ3v) is 3.34. The van der Waals surface area contributed by atoms with E-state index in [4.69, 9.17) is 5.26 Å². The second-order valence-corrected chi connectivity index (χ2v) is 4.82. The Labute approximate surface area is 102 Å². The molecule has 0 aliphatic carbocycles. The molecule has 1 saturated heterocycles. The highest BCUT2D eigenvalue weighted by atomic mass is 15.1. The molecular weight excluding hydrogens is 212 g/mol. The van der Waals surface area contributed by atoms with Gasteiger partial charge in [-0.1, -0.05) is 6.92 Å². The van der Waals surface area contributed by atoms with Gasteiger partial charge in [0.2, 0.25) is 0 Å². The van der Waals surface area contributed by atoms with Gasteiger partial charge in [0.15, 0.2) is 0 Å². The van der Waals surface area contributed by atoms with Gasteiger partial charge in [0.25, 0.3) is 0 Å². The van der Waals surface area contributed by atoms with E-state index in [2.05, 4.69) is 29.2 Å². The lowest BCUT2D eigenvalue weighted by Crippen LogP contribution is -2.43. The molecule has 90 valence electrons. The molecule has 1 N–H and O–H groups in total. The maximum Gasteiger partial charge on any atom is 0.140 e. The van der Waals surface area contributed by atoms with Crippen molar-refractivity contribution in [3.63, 3.8) is 0 Å². The van der Waals surface area contributed by atoms with Gasteiger partial charge in [-0.05, 0) is 38.1 Å². The lowest BCUT2D eigenvalue weighted by atomic mass is 9.94. The molecule has 1 aromatic rings. The van der Waals surface area contributed by atoms with Crippen molar-refractivity contribution in [3.05, 3.63) is 24.0 Å². The number of nitrogens with one attached hydrogen (secondary N) is 1. The predicted molar refractivity (Wildman–Crippen MR) is 67.6 cm³/mol. The van der Waals surface area contributed by atoms with Gasteiger partial charge in [0.05, 0.1) is 11.9 Å². The fourth-order valence-corrected chi connectivity index (χ4v) is 2.33. The van der Waals surface area contributed by atoms with Crippen LogP contribution in [0, 0.1) is 17.2 Å². The zero-order valence-electron chi connectivity index (χ0n) is 10.3. The van der Waals surface area contributed by atoms with E-state index < -0.39 is 0 Å². The molecule has 17 heavy (non-hydrogen) atoms. The highest BCUT2D eigenvalue weighted by Crippen LogP contribution is 2.19. The molecule has 2 heterocycles. The van der Waals surface area contributed by atoms with Crippen molar-refractivity contribution in [1.82, 2.24) is 9.88 Å². The summed E-state index contributed by atoms with van der Waals surface area (Å²) in [4.78, 5) is 6.43. The van der Waals surface area contributed by atoms with E-state index in [1.807, 2.05) is 12.1 Å². The fraction of sp³-hybridized carbons (Fsp3) is 0.538. The van der Waals surface area contributed by atoms with Crippen molar-refractivity contribution in [2.75, 3.05) is 25.5 Å². The lowest BCUT2D eigenvalue weighted by Gasteiger charge is -2.35. The van der Waals surface area contributed by atoms with Crippen LogP contribution in [0.15, 0.2) is 18.3 Å². The average Bonchev–Trinajstić information content (AvgIpc) is 2.34. The number of hydrogen-bond donors (Lipinski definition) is 1. The number of nitriles is 1. The van der Waals surface area contributed by atoms with Gasteiger partial charge >= 0.3 is 0 Å². The Morgan fingerprint density at radius 1 is 1.53 bits per heavy atom. The van der Waals surface area contributed by atoms with E-state index in [1.54, 1.807) is 12.3 Å². The Kier molecular flexibility index (Phi) is 3.60. The molecule has 2 unspecified atom stereocenters. The maximum atomic E-state index is 8.68. The van der Waals surface area contributed by atoms with Crippen molar-refractivity contribution >= 4 is 5.69 Å². The van der Waals surface area contributed by atoms with Gasteiger partial charge < -0.3 is 10.2 Å². The lowest BCUT2D eigenvalue weighted by molar-refractivity contribution is 0.206. The predicted octanol–water partition coefficient (Wildman–Crippen LogP) is 1.71. The fourth-order valence-electron chi connectivity index (χ4n) is 2.33. The van der Waals surface area contributed by atoms with Crippen LogP contribution in [-0.2, 0) is 0 Å². The van der Waals surface area contributed by atoms with Crippen LogP contribution in [0.25, 0.3) is 0 Å². The summed E-state index contributed by atoms with van der Waals surface area (Å²) in [5.41, 5.74) is 1.47. The minimum absolute atomic E-state index is 0.465. The number of likely N-dealkylation sites (tertiary alicyclic amines) is 1. The summed E-state index contributed by atoms with van der Waals surface area (Å²) in [6, 6.07) is 6.21. The minimum atomic E-state index is 0.465. The van der Waals surface area contributed by atoms with Crippen molar-refractivity contribution in [3.8, 4) is 6.07 Å². The molecule has 4 nitrogen and oxygen atoms in total. The van der Waals surface area contributed by atoms with Gasteiger partial charge in [0, 0.05) is 12.6 Å². The maximum absolute atomic E-state index is 8.68. The zero-order chi connectivity index (χ0) is 12.3. The van der Waals surface area contributed by atoms with Crippen molar-refractivity contribution in [1.29, 1.82) is 5.26 Å². The van der Waals surface area contributed by atoms with E-state index in [9.17, 15) is 0 Å². The molecule has 0 bridgehead atoms. The number of pyridine rings is 1. The van der Waals surface area contributed by atoms with E-state index in [1.165, 1.54) is 0 Å². The highest BCUT2D eigenvalue weighted by Gasteiger charge is 2.23. The number of nitrogens with zero attached hydrogens (tertiary/aromatic N) is 3. The molecule has 1 aliphatic heterocycles. The first kappa shape index (κ1) is 11.9. The first-order valence-electron chi connectivity index (χ1n) is 6.00. The van der Waals surface area contributed by atoms with Gasteiger partial charge in [-0.3, -0.25) is 0 Å². The average molecular weight is 230 g/mol. The van der Waals surface area contributed by atoms with E-state index in [-0.39, 0.29) is 0 Å². The van der Waals surface area contributed by atoms with E-state index in [0.29, 0.717) is 17.7 Å². The molecule has 0 radical (unpaired) electrons. The Morgan fingerprint density at radius 3 is 2.94 bits per heavy atom. The third kappa shape index (κ3) is 2.95. The number of aromatic nitrogens is 1. The van der Waals surface area contributed by atoms with Gasteiger partial charge in [-0.2, -0.15) is 5.26 Å². The zero-order valence-corrected chi connectivity index (χ0v) is 10.3. The molecule has 0 aromatic carbocycles. The van der Waals surface area contributed by atoms with Gasteiger partial charge in [0.1, 0.15) is 11.8 Å². The minimum Gasteiger partial charge on any atom is -0.381 e. The third-order valence-electron chi connectivity index (χ3n) is 3.34. The van der Waals surface area contributed by atoms with Crippen LogP contribution >= 0.6 is 0 Å². The molecule has 0 saturated carbocycles. The molecule has 0 amide bonds. The first-order chi connectivity index (χ1) is 8.19. The van der Waals surface area contributed by atoms with E-state index in [0.717, 1.165) is 25.2 Å². The molecule has 2 rings (SSSR count). The summed E-state index contributed by atoms with van der Waals surface area (Å²) in [5.74, 6) is 0.629. The molecule has 1 fully saturated rings. The van der Waals surface area contributed by atoms with Crippen molar-refractivity contribution in [2.45, 2.75) is 19.4 Å². The van der Waals surface area contributed by atoms with Crippen LogP contribution in [0.4, 0.5) is 5.69 Å². The van der Waals surface area contributed by atoms with Crippen LogP contribution in [-0.4, -0.2) is 36.1 Å². The van der Waals surface area contributed by atoms with Crippen LogP contribution < -0.4 is 5.32 Å². The largest absolute Gasteiger partial charge is 0.381 e. The Morgan fingerprint density at radius 2 is 2.35 bits per heavy atom. The number of piperidine rings is 1. The van der Waals surface area contributed by atoms with Crippen LogP contribution in [0.3, 0.4) is 0 Å². The Bertz CT molecular complexity index is 406. The number of hydrogen-bond acceptors (Lipinski definition) is 4. The molecule has 1 aromatic heterocycles. The van der Waals surface area contributed by atoms with Gasteiger partial charge in [-0.15, -0.1) is 0 Å². The molecule has 4 heteroatoms. The molecule has 0 spiro atoms. The molecule has 1 aliphatic rings. The van der Waals surface area contributed by atoms with Crippen LogP contribution in [0.1, 0.15) is 19.0 Å². The van der Waals surface area contributed by atoms with Crippen molar-refractivity contribution in [2.24, 2.45) is 5.92 Å². The summed E-state index contributed by atoms with van der Waals surface area (Å²) in [6.45, 7) is 4.53. The smallest absolute Gasteiger partial charge is 0.140 e. The highest BCUT2D eigenvalue weighted by molar-refractivity contribution is 5.43. The first-order valence-corrected chi connectivity index (χ1v) is 6.00. The quantitative estimate of drug-likeness (QED) is 0.840. The summed E-state index contributed by atoms with van der Waals surface area (Å²) in [6.07, 6.45) is 2.89. The number of rotatable bonds is 2. The van der Waals surface area contributed by atoms with Crippen LogP contribution in [0.5, 0.6) is 0 Å².